The minimum absolute atomic E-state index is 0.125. The van der Waals surface area contributed by atoms with Crippen LogP contribution in [0.4, 0.5) is 5.69 Å². The first-order valence-corrected chi connectivity index (χ1v) is 17.3. The van der Waals surface area contributed by atoms with Crippen molar-refractivity contribution < 1.29 is 33.8 Å². The van der Waals surface area contributed by atoms with Crippen molar-refractivity contribution >= 4 is 56.9 Å². The van der Waals surface area contributed by atoms with Crippen molar-refractivity contribution in [3.63, 3.8) is 0 Å². The Hall–Kier alpha value is -3.51. The number of nitrogens with zero attached hydrogens (tertiary/aromatic N) is 3. The summed E-state index contributed by atoms with van der Waals surface area (Å²) in [4.78, 5) is 60.2. The molecule has 0 aliphatic carbocycles. The minimum atomic E-state index is -1.36. The highest BCUT2D eigenvalue weighted by atomic mass is 79.9. The van der Waals surface area contributed by atoms with Gasteiger partial charge >= 0.3 is 5.97 Å². The number of likely N-dealkylation sites (N-methyl/N-ethyl adjacent to an activating group) is 1. The molecule has 3 aliphatic heterocycles. The summed E-state index contributed by atoms with van der Waals surface area (Å²) in [5.41, 5.74) is -0.124. The molecule has 3 fully saturated rings. The number of allylic oxidation sites excluding steroid dienone is 1. The second-order valence-corrected chi connectivity index (χ2v) is 14.1. The normalized spacial score (nSPS) is 26.8. The van der Waals surface area contributed by atoms with E-state index in [0.717, 1.165) is 0 Å². The van der Waals surface area contributed by atoms with E-state index in [1.165, 1.54) is 9.80 Å². The quantitative estimate of drug-likeness (QED) is 0.170. The Morgan fingerprint density at radius 1 is 1.17 bits per heavy atom. The van der Waals surface area contributed by atoms with Crippen LogP contribution in [0.15, 0.2) is 79.9 Å². The molecule has 3 saturated heterocycles. The smallest absolute Gasteiger partial charge is 0.313 e. The van der Waals surface area contributed by atoms with Crippen molar-refractivity contribution in [1.29, 1.82) is 0 Å². The zero-order valence-corrected chi connectivity index (χ0v) is 29.4. The SMILES string of the molecule is C=CCCC(=O)N(C)[C@H](C)[C@H](OC(=O)[C@H]1[C@@H]2O[C@@]3(CC2Br)[C@@H]1C(=O)N(CCO)[C@@H]3C(=O)N(CC=C)c1ccc(Cl)cc1)c1ccccc1. The molecule has 0 aromatic heterocycles. The number of fused-ring (bicyclic) bond motifs is 1. The molecule has 10 nitrogen and oxygen atoms in total. The van der Waals surface area contributed by atoms with Crippen LogP contribution in [0.1, 0.15) is 37.9 Å². The van der Waals surface area contributed by atoms with E-state index in [1.54, 1.807) is 48.4 Å². The van der Waals surface area contributed by atoms with Crippen LogP contribution < -0.4 is 4.90 Å². The topological polar surface area (TPSA) is 117 Å². The average molecular weight is 743 g/mol. The van der Waals surface area contributed by atoms with Crippen LogP contribution in [0.5, 0.6) is 0 Å². The molecule has 1 spiro atoms. The maximum Gasteiger partial charge on any atom is 0.313 e. The Balaban J connectivity index is 1.50. The maximum absolute atomic E-state index is 14.5. The average Bonchev–Trinajstić information content (AvgIpc) is 3.68. The lowest BCUT2D eigenvalue weighted by molar-refractivity contribution is -0.164. The predicted octanol–water partition coefficient (Wildman–Crippen LogP) is 4.70. The van der Waals surface area contributed by atoms with E-state index in [-0.39, 0.29) is 36.7 Å². The maximum atomic E-state index is 14.5. The zero-order chi connectivity index (χ0) is 34.7. The number of benzene rings is 2. The summed E-state index contributed by atoms with van der Waals surface area (Å²) in [6.45, 7) is 8.95. The third kappa shape index (κ3) is 6.45. The Morgan fingerprint density at radius 3 is 2.48 bits per heavy atom. The lowest BCUT2D eigenvalue weighted by atomic mass is 9.70. The van der Waals surface area contributed by atoms with E-state index in [4.69, 9.17) is 21.1 Å². The number of ether oxygens (including phenoxy) is 2. The number of rotatable bonds is 14. The largest absolute Gasteiger partial charge is 0.455 e. The monoisotopic (exact) mass is 741 g/mol. The number of esters is 1. The number of hydrogen-bond donors (Lipinski definition) is 1. The number of halogens is 2. The summed E-state index contributed by atoms with van der Waals surface area (Å²) in [5.74, 6) is -3.74. The number of carbonyl (C=O) groups is 4. The van der Waals surface area contributed by atoms with Gasteiger partial charge in [-0.05, 0) is 49.6 Å². The molecule has 3 amide bonds. The molecular weight excluding hydrogens is 702 g/mol. The Morgan fingerprint density at radius 2 is 1.85 bits per heavy atom. The minimum Gasteiger partial charge on any atom is -0.455 e. The molecule has 2 aromatic rings. The summed E-state index contributed by atoms with van der Waals surface area (Å²) in [6.07, 6.45) is 2.72. The molecule has 8 atom stereocenters. The molecule has 5 rings (SSSR count). The Kier molecular flexibility index (Phi) is 11.1. The van der Waals surface area contributed by atoms with E-state index in [1.807, 2.05) is 37.3 Å². The number of aliphatic hydroxyl groups is 1. The summed E-state index contributed by atoms with van der Waals surface area (Å²) in [6, 6.07) is 14.2. The number of hydrogen-bond acceptors (Lipinski definition) is 7. The highest BCUT2D eigenvalue weighted by Gasteiger charge is 2.77. The van der Waals surface area contributed by atoms with Gasteiger partial charge in [0.15, 0.2) is 0 Å². The van der Waals surface area contributed by atoms with Crippen molar-refractivity contribution in [3.8, 4) is 0 Å². The fourth-order valence-electron chi connectivity index (χ4n) is 7.37. The molecule has 2 bridgehead atoms. The number of likely N-dealkylation sites (tertiary alicyclic amines) is 1. The highest BCUT2D eigenvalue weighted by molar-refractivity contribution is 9.09. The zero-order valence-electron chi connectivity index (χ0n) is 27.0. The van der Waals surface area contributed by atoms with Gasteiger partial charge in [-0.2, -0.15) is 0 Å². The molecule has 3 aliphatic rings. The van der Waals surface area contributed by atoms with Crippen molar-refractivity contribution in [2.45, 2.75) is 60.9 Å². The second kappa shape index (κ2) is 14.9. The third-order valence-corrected chi connectivity index (χ3v) is 10.8. The molecule has 12 heteroatoms. The second-order valence-electron chi connectivity index (χ2n) is 12.5. The number of aliphatic hydroxyl groups excluding tert-OH is 1. The lowest BCUT2D eigenvalue weighted by Gasteiger charge is -2.37. The van der Waals surface area contributed by atoms with Crippen molar-refractivity contribution in [2.75, 3.05) is 31.6 Å². The summed E-state index contributed by atoms with van der Waals surface area (Å²) in [5, 5.41) is 10.5. The van der Waals surface area contributed by atoms with Gasteiger partial charge in [0.05, 0.1) is 30.6 Å². The van der Waals surface area contributed by atoms with Crippen LogP contribution in [0.25, 0.3) is 0 Å². The van der Waals surface area contributed by atoms with Gasteiger partial charge in [-0.1, -0.05) is 70.0 Å². The van der Waals surface area contributed by atoms with E-state index in [0.29, 0.717) is 22.7 Å². The standard InChI is InChI=1S/C36H41BrClN3O7/c1-5-7-13-27(43)39(4)22(3)30(23-11-9-8-10-12-23)47-35(46)28-29-33(44)41(19-20-42)32(36(29)21-26(37)31(28)48-36)34(45)40(18-6-2)25-16-14-24(38)15-17-25/h5-6,8-12,14-17,22,26,28-32,42H,1-2,7,13,18-21H2,3-4H3/t22-,26?,28-,29+,30+,31-,32-,36+/m1/s1. The fourth-order valence-corrected chi connectivity index (χ4v) is 8.44. The van der Waals surface area contributed by atoms with Gasteiger partial charge in [-0.3, -0.25) is 19.2 Å². The van der Waals surface area contributed by atoms with Crippen LogP contribution in [-0.2, 0) is 28.7 Å². The van der Waals surface area contributed by atoms with Gasteiger partial charge in [0.2, 0.25) is 11.8 Å². The van der Waals surface area contributed by atoms with Crippen LogP contribution in [0, 0.1) is 11.8 Å². The number of amides is 3. The molecule has 1 unspecified atom stereocenters. The van der Waals surface area contributed by atoms with Crippen molar-refractivity contribution in [1.82, 2.24) is 9.80 Å². The van der Waals surface area contributed by atoms with Crippen LogP contribution in [0.3, 0.4) is 0 Å². The molecule has 0 radical (unpaired) electrons. The predicted molar refractivity (Wildman–Crippen MR) is 185 cm³/mol. The Labute approximate surface area is 294 Å². The lowest BCUT2D eigenvalue weighted by Crippen LogP contribution is -2.57. The molecule has 3 heterocycles. The van der Waals surface area contributed by atoms with Crippen LogP contribution in [-0.4, -0.2) is 94.0 Å². The number of anilines is 1. The van der Waals surface area contributed by atoms with Crippen LogP contribution in [0.2, 0.25) is 5.02 Å². The van der Waals surface area contributed by atoms with E-state index >= 15 is 0 Å². The summed E-state index contributed by atoms with van der Waals surface area (Å²) in [7, 11) is 1.67. The molecule has 0 saturated carbocycles. The van der Waals surface area contributed by atoms with E-state index in [9.17, 15) is 24.3 Å². The van der Waals surface area contributed by atoms with Crippen LogP contribution >= 0.6 is 27.5 Å². The molecule has 48 heavy (non-hydrogen) atoms. The van der Waals surface area contributed by atoms with Gasteiger partial charge < -0.3 is 29.3 Å². The van der Waals surface area contributed by atoms with Gasteiger partial charge in [0.25, 0.3) is 5.91 Å². The van der Waals surface area contributed by atoms with Gasteiger partial charge in [-0.25, -0.2) is 0 Å². The van der Waals surface area contributed by atoms with E-state index < -0.39 is 66.1 Å². The first-order valence-electron chi connectivity index (χ1n) is 16.0. The molecule has 2 aromatic carbocycles. The van der Waals surface area contributed by atoms with E-state index in [2.05, 4.69) is 29.1 Å². The van der Waals surface area contributed by atoms with Gasteiger partial charge in [0, 0.05) is 42.1 Å². The fraction of sp³-hybridized carbons (Fsp3) is 0.444. The molecule has 1 N–H and O–H groups in total. The first kappa shape index (κ1) is 35.8. The van der Waals surface area contributed by atoms with Gasteiger partial charge in [-0.15, -0.1) is 13.2 Å². The van der Waals surface area contributed by atoms with Gasteiger partial charge in [0.1, 0.15) is 17.7 Å². The summed E-state index contributed by atoms with van der Waals surface area (Å²) < 4.78 is 12.9. The molecule has 256 valence electrons. The number of alkyl halides is 1. The highest BCUT2D eigenvalue weighted by Crippen LogP contribution is 2.60. The van der Waals surface area contributed by atoms with Crippen molar-refractivity contribution in [2.24, 2.45) is 11.8 Å². The molecular formula is C36H41BrClN3O7. The Bertz CT molecular complexity index is 1540. The third-order valence-electron chi connectivity index (χ3n) is 9.73. The summed E-state index contributed by atoms with van der Waals surface area (Å²) >= 11 is 9.81. The number of β-amino-alcohol motifs (C(OH)–C–C–N with tert-alkyl or cyclic N) is 1. The number of carbonyl (C=O) groups excluding carboxylic acids is 4. The van der Waals surface area contributed by atoms with Crippen molar-refractivity contribution in [3.05, 3.63) is 90.5 Å². The first-order chi connectivity index (χ1) is 23.0.